The zero-order valence-corrected chi connectivity index (χ0v) is 11.8. The Kier molecular flexibility index (Phi) is 3.85. The number of aryl methyl sites for hydroxylation is 1. The van der Waals surface area contributed by atoms with E-state index in [0.717, 1.165) is 16.1 Å². The summed E-state index contributed by atoms with van der Waals surface area (Å²) >= 11 is 3.34. The highest BCUT2D eigenvalue weighted by Gasteiger charge is 2.12. The van der Waals surface area contributed by atoms with Gasteiger partial charge in [0.15, 0.2) is 0 Å². The zero-order valence-electron chi connectivity index (χ0n) is 10.2. The Balaban J connectivity index is 2.25. The summed E-state index contributed by atoms with van der Waals surface area (Å²) in [6.45, 7) is 1.86. The summed E-state index contributed by atoms with van der Waals surface area (Å²) in [5, 5.41) is 2.67. The molecule has 5 heteroatoms. The lowest BCUT2D eigenvalue weighted by atomic mass is 10.1. The van der Waals surface area contributed by atoms with Crippen LogP contribution in [0.2, 0.25) is 0 Å². The number of benzene rings is 2. The van der Waals surface area contributed by atoms with Gasteiger partial charge in [-0.1, -0.05) is 15.9 Å². The molecule has 98 valence electrons. The zero-order chi connectivity index (χ0) is 14.0. The number of nitrogen functional groups attached to an aromatic ring is 1. The quantitative estimate of drug-likeness (QED) is 0.828. The molecule has 2 aromatic rings. The van der Waals surface area contributed by atoms with Crippen molar-refractivity contribution in [3.63, 3.8) is 0 Å². The topological polar surface area (TPSA) is 55.1 Å². The van der Waals surface area contributed by atoms with Crippen molar-refractivity contribution in [1.82, 2.24) is 0 Å². The van der Waals surface area contributed by atoms with Crippen LogP contribution in [0.25, 0.3) is 0 Å². The average molecular weight is 323 g/mol. The monoisotopic (exact) mass is 322 g/mol. The van der Waals surface area contributed by atoms with Crippen molar-refractivity contribution in [3.8, 4) is 0 Å². The Morgan fingerprint density at radius 3 is 2.63 bits per heavy atom. The van der Waals surface area contributed by atoms with E-state index in [0.29, 0.717) is 5.69 Å². The number of amides is 1. The van der Waals surface area contributed by atoms with Gasteiger partial charge in [0.1, 0.15) is 5.82 Å². The van der Waals surface area contributed by atoms with Crippen LogP contribution in [0.3, 0.4) is 0 Å². The van der Waals surface area contributed by atoms with Gasteiger partial charge in [-0.2, -0.15) is 0 Å². The first-order valence-electron chi connectivity index (χ1n) is 5.60. The smallest absolute Gasteiger partial charge is 0.258 e. The molecule has 0 bridgehead atoms. The number of anilines is 2. The second-order valence-electron chi connectivity index (χ2n) is 4.15. The van der Waals surface area contributed by atoms with Gasteiger partial charge in [0.25, 0.3) is 5.91 Å². The maximum atomic E-state index is 13.6. The second kappa shape index (κ2) is 5.40. The first-order valence-corrected chi connectivity index (χ1v) is 6.39. The van der Waals surface area contributed by atoms with Crippen molar-refractivity contribution in [1.29, 1.82) is 0 Å². The van der Waals surface area contributed by atoms with Crippen molar-refractivity contribution in [2.24, 2.45) is 0 Å². The fourth-order valence-electron chi connectivity index (χ4n) is 1.67. The second-order valence-corrected chi connectivity index (χ2v) is 5.07. The van der Waals surface area contributed by atoms with Crippen LogP contribution in [-0.2, 0) is 0 Å². The largest absolute Gasteiger partial charge is 0.399 e. The van der Waals surface area contributed by atoms with E-state index in [1.807, 2.05) is 19.1 Å². The Morgan fingerprint density at radius 1 is 1.26 bits per heavy atom. The van der Waals surface area contributed by atoms with Gasteiger partial charge in [-0.05, 0) is 48.9 Å². The summed E-state index contributed by atoms with van der Waals surface area (Å²) in [4.78, 5) is 12.0. The molecule has 1 amide bonds. The number of hydrogen-bond acceptors (Lipinski definition) is 2. The van der Waals surface area contributed by atoms with E-state index >= 15 is 0 Å². The number of rotatable bonds is 2. The lowest BCUT2D eigenvalue weighted by Gasteiger charge is -2.09. The van der Waals surface area contributed by atoms with Gasteiger partial charge >= 0.3 is 0 Å². The first kappa shape index (κ1) is 13.5. The van der Waals surface area contributed by atoms with Crippen LogP contribution >= 0.6 is 15.9 Å². The van der Waals surface area contributed by atoms with Gasteiger partial charge in [0, 0.05) is 15.8 Å². The van der Waals surface area contributed by atoms with Crippen LogP contribution in [0.1, 0.15) is 15.9 Å². The summed E-state index contributed by atoms with van der Waals surface area (Å²) in [6, 6.07) is 9.42. The van der Waals surface area contributed by atoms with E-state index in [1.54, 1.807) is 6.07 Å². The van der Waals surface area contributed by atoms with Gasteiger partial charge in [0.05, 0.1) is 5.56 Å². The molecule has 3 N–H and O–H groups in total. The molecule has 0 heterocycles. The van der Waals surface area contributed by atoms with E-state index < -0.39 is 11.7 Å². The predicted octanol–water partition coefficient (Wildman–Crippen LogP) is 3.73. The highest BCUT2D eigenvalue weighted by atomic mass is 79.9. The maximum Gasteiger partial charge on any atom is 0.258 e. The third-order valence-electron chi connectivity index (χ3n) is 2.67. The van der Waals surface area contributed by atoms with Gasteiger partial charge in [-0.3, -0.25) is 4.79 Å². The van der Waals surface area contributed by atoms with Crippen LogP contribution in [-0.4, -0.2) is 5.91 Å². The lowest BCUT2D eigenvalue weighted by molar-refractivity contribution is 0.102. The van der Waals surface area contributed by atoms with Crippen molar-refractivity contribution in [2.75, 3.05) is 11.1 Å². The SMILES string of the molecule is Cc1cc(Br)ccc1NC(=O)c1ccc(N)cc1F. The van der Waals surface area contributed by atoms with Crippen LogP contribution in [0.5, 0.6) is 0 Å². The molecule has 0 aliphatic heterocycles. The molecule has 0 spiro atoms. The van der Waals surface area contributed by atoms with Gasteiger partial charge < -0.3 is 11.1 Å². The highest BCUT2D eigenvalue weighted by molar-refractivity contribution is 9.10. The third kappa shape index (κ3) is 3.12. The molecule has 0 aromatic heterocycles. The fraction of sp³-hybridized carbons (Fsp3) is 0.0714. The Bertz CT molecular complexity index is 643. The number of carbonyl (C=O) groups is 1. The summed E-state index contributed by atoms with van der Waals surface area (Å²) < 4.78 is 14.5. The standard InChI is InChI=1S/C14H12BrFN2O/c1-8-6-9(15)2-5-13(8)18-14(19)11-4-3-10(17)7-12(11)16/h2-7H,17H2,1H3,(H,18,19). The molecule has 2 aromatic carbocycles. The molecule has 2 rings (SSSR count). The van der Waals surface area contributed by atoms with Gasteiger partial charge in [-0.15, -0.1) is 0 Å². The number of nitrogens with one attached hydrogen (secondary N) is 1. The number of halogens is 2. The number of nitrogens with two attached hydrogens (primary N) is 1. The fourth-order valence-corrected chi connectivity index (χ4v) is 2.15. The summed E-state index contributed by atoms with van der Waals surface area (Å²) in [5.41, 5.74) is 7.23. The molecule has 0 radical (unpaired) electrons. The molecule has 0 fully saturated rings. The number of carbonyl (C=O) groups excluding carboxylic acids is 1. The molecule has 0 unspecified atom stereocenters. The Hall–Kier alpha value is -1.88. The number of hydrogen-bond donors (Lipinski definition) is 2. The van der Waals surface area contributed by atoms with E-state index in [9.17, 15) is 9.18 Å². The third-order valence-corrected chi connectivity index (χ3v) is 3.17. The van der Waals surface area contributed by atoms with Crippen LogP contribution < -0.4 is 11.1 Å². The Labute approximate surface area is 118 Å². The van der Waals surface area contributed by atoms with Crippen LogP contribution in [0.15, 0.2) is 40.9 Å². The van der Waals surface area contributed by atoms with Gasteiger partial charge in [0.2, 0.25) is 0 Å². The summed E-state index contributed by atoms with van der Waals surface area (Å²) in [6.07, 6.45) is 0. The molecule has 0 saturated carbocycles. The molecule has 0 saturated heterocycles. The highest BCUT2D eigenvalue weighted by Crippen LogP contribution is 2.21. The van der Waals surface area contributed by atoms with Crippen molar-refractivity contribution < 1.29 is 9.18 Å². The molecular weight excluding hydrogens is 311 g/mol. The summed E-state index contributed by atoms with van der Waals surface area (Å²) in [7, 11) is 0. The average Bonchev–Trinajstić information content (AvgIpc) is 2.32. The molecule has 0 aliphatic rings. The molecule has 0 atom stereocenters. The van der Waals surface area contributed by atoms with Crippen molar-refractivity contribution in [2.45, 2.75) is 6.92 Å². The minimum atomic E-state index is -0.632. The maximum absolute atomic E-state index is 13.6. The summed E-state index contributed by atoms with van der Waals surface area (Å²) in [5.74, 6) is -1.13. The molecule has 3 nitrogen and oxygen atoms in total. The van der Waals surface area contributed by atoms with Crippen LogP contribution in [0.4, 0.5) is 15.8 Å². The minimum absolute atomic E-state index is 0.0310. The van der Waals surface area contributed by atoms with E-state index in [4.69, 9.17) is 5.73 Å². The molecular formula is C14H12BrFN2O. The molecule has 0 aliphatic carbocycles. The van der Waals surface area contributed by atoms with E-state index in [1.165, 1.54) is 12.1 Å². The Morgan fingerprint density at radius 2 is 2.00 bits per heavy atom. The lowest BCUT2D eigenvalue weighted by Crippen LogP contribution is -2.14. The van der Waals surface area contributed by atoms with Crippen LogP contribution in [0, 0.1) is 12.7 Å². The van der Waals surface area contributed by atoms with E-state index in [2.05, 4.69) is 21.2 Å². The van der Waals surface area contributed by atoms with Crippen molar-refractivity contribution >= 4 is 33.2 Å². The normalized spacial score (nSPS) is 10.3. The van der Waals surface area contributed by atoms with E-state index in [-0.39, 0.29) is 11.3 Å². The predicted molar refractivity (Wildman–Crippen MR) is 77.6 cm³/mol. The van der Waals surface area contributed by atoms with Gasteiger partial charge in [-0.25, -0.2) is 4.39 Å². The minimum Gasteiger partial charge on any atom is -0.399 e. The molecule has 19 heavy (non-hydrogen) atoms. The van der Waals surface area contributed by atoms with Crippen molar-refractivity contribution in [3.05, 3.63) is 57.8 Å². The first-order chi connectivity index (χ1) is 8.97.